The van der Waals surface area contributed by atoms with Gasteiger partial charge >= 0.3 is 0 Å². The molecule has 0 saturated carbocycles. The Kier molecular flexibility index (Phi) is 6.28. The lowest BCUT2D eigenvalue weighted by Gasteiger charge is -2.36. The van der Waals surface area contributed by atoms with Crippen LogP contribution < -0.4 is 10.2 Å². The van der Waals surface area contributed by atoms with Crippen LogP contribution in [-0.2, 0) is 9.59 Å². The average molecular weight is 338 g/mol. The standard InChI is InChI=1S/C17H24ClN3O2/c1-3-4-5-17(23)19-14-6-7-16(15(18)12-14)21-10-8-20(9-11-21)13(2)22/h6-7,12H,3-5,8-11H2,1-2H3,(H,19,23). The summed E-state index contributed by atoms with van der Waals surface area (Å²) in [6.07, 6.45) is 2.42. The normalized spacial score (nSPS) is 14.7. The first-order valence-electron chi connectivity index (χ1n) is 8.11. The number of amides is 2. The topological polar surface area (TPSA) is 52.7 Å². The molecule has 1 aromatic carbocycles. The highest BCUT2D eigenvalue weighted by molar-refractivity contribution is 6.33. The third-order valence-electron chi connectivity index (χ3n) is 4.05. The number of carbonyl (C=O) groups excluding carboxylic acids is 2. The van der Waals surface area contributed by atoms with E-state index in [1.807, 2.05) is 17.0 Å². The Morgan fingerprint density at radius 1 is 1.22 bits per heavy atom. The van der Waals surface area contributed by atoms with Gasteiger partial charge in [0.15, 0.2) is 0 Å². The van der Waals surface area contributed by atoms with Gasteiger partial charge in [-0.05, 0) is 24.6 Å². The molecule has 0 unspecified atom stereocenters. The van der Waals surface area contributed by atoms with E-state index < -0.39 is 0 Å². The lowest BCUT2D eigenvalue weighted by molar-refractivity contribution is -0.129. The van der Waals surface area contributed by atoms with Crippen molar-refractivity contribution in [2.24, 2.45) is 0 Å². The minimum Gasteiger partial charge on any atom is -0.367 e. The largest absolute Gasteiger partial charge is 0.367 e. The van der Waals surface area contributed by atoms with Crippen LogP contribution in [0.5, 0.6) is 0 Å². The van der Waals surface area contributed by atoms with Crippen molar-refractivity contribution >= 4 is 34.8 Å². The lowest BCUT2D eigenvalue weighted by Crippen LogP contribution is -2.48. The number of carbonyl (C=O) groups is 2. The van der Waals surface area contributed by atoms with Gasteiger partial charge in [0.2, 0.25) is 11.8 Å². The minimum absolute atomic E-state index is 0.0192. The Labute approximate surface area is 142 Å². The number of unbranched alkanes of at least 4 members (excludes halogenated alkanes) is 1. The maximum absolute atomic E-state index is 11.8. The van der Waals surface area contributed by atoms with Crippen molar-refractivity contribution in [2.75, 3.05) is 36.4 Å². The summed E-state index contributed by atoms with van der Waals surface area (Å²) >= 11 is 6.38. The number of halogens is 1. The molecule has 1 aliphatic heterocycles. The van der Waals surface area contributed by atoms with Gasteiger partial charge in [-0.25, -0.2) is 0 Å². The van der Waals surface area contributed by atoms with Crippen LogP contribution in [0.15, 0.2) is 18.2 Å². The summed E-state index contributed by atoms with van der Waals surface area (Å²) in [6.45, 7) is 6.61. The molecule has 2 amide bonds. The lowest BCUT2D eigenvalue weighted by atomic mass is 10.2. The Balaban J connectivity index is 1.97. The number of nitrogens with one attached hydrogen (secondary N) is 1. The zero-order valence-corrected chi connectivity index (χ0v) is 14.5. The first-order valence-corrected chi connectivity index (χ1v) is 8.49. The Bertz CT molecular complexity index is 569. The fourth-order valence-corrected chi connectivity index (χ4v) is 2.96. The van der Waals surface area contributed by atoms with Crippen LogP contribution in [0.25, 0.3) is 0 Å². The molecule has 0 aliphatic carbocycles. The van der Waals surface area contributed by atoms with Crippen LogP contribution in [0.1, 0.15) is 33.1 Å². The van der Waals surface area contributed by atoms with E-state index in [1.54, 1.807) is 13.0 Å². The molecule has 1 fully saturated rings. The number of benzene rings is 1. The maximum atomic E-state index is 11.8. The SMILES string of the molecule is CCCCC(=O)Nc1ccc(N2CCN(C(C)=O)CC2)c(Cl)c1. The van der Waals surface area contributed by atoms with Crippen molar-refractivity contribution in [2.45, 2.75) is 33.1 Å². The molecular weight excluding hydrogens is 314 g/mol. The van der Waals surface area contributed by atoms with E-state index in [1.165, 1.54) is 0 Å². The van der Waals surface area contributed by atoms with Crippen LogP contribution >= 0.6 is 11.6 Å². The number of anilines is 2. The average Bonchev–Trinajstić information content (AvgIpc) is 2.53. The van der Waals surface area contributed by atoms with E-state index >= 15 is 0 Å². The second-order valence-corrected chi connectivity index (χ2v) is 6.22. The van der Waals surface area contributed by atoms with Crippen molar-refractivity contribution in [3.05, 3.63) is 23.2 Å². The molecule has 6 heteroatoms. The summed E-state index contributed by atoms with van der Waals surface area (Å²) in [5, 5.41) is 3.49. The molecule has 5 nitrogen and oxygen atoms in total. The highest BCUT2D eigenvalue weighted by Gasteiger charge is 2.20. The van der Waals surface area contributed by atoms with Crippen molar-refractivity contribution in [1.82, 2.24) is 4.90 Å². The molecule has 0 atom stereocenters. The first-order chi connectivity index (χ1) is 11.0. The van der Waals surface area contributed by atoms with Gasteiger partial charge in [0.1, 0.15) is 0 Å². The maximum Gasteiger partial charge on any atom is 0.224 e. The summed E-state index contributed by atoms with van der Waals surface area (Å²) < 4.78 is 0. The zero-order valence-electron chi connectivity index (χ0n) is 13.8. The van der Waals surface area contributed by atoms with Crippen molar-refractivity contribution < 1.29 is 9.59 Å². The van der Waals surface area contributed by atoms with E-state index in [4.69, 9.17) is 11.6 Å². The molecule has 0 bridgehead atoms. The third kappa shape index (κ3) is 4.86. The Hall–Kier alpha value is -1.75. The van der Waals surface area contributed by atoms with Gasteiger partial charge in [-0.15, -0.1) is 0 Å². The fourth-order valence-electron chi connectivity index (χ4n) is 2.66. The monoisotopic (exact) mass is 337 g/mol. The summed E-state index contributed by atoms with van der Waals surface area (Å²) in [7, 11) is 0. The van der Waals surface area contributed by atoms with E-state index in [2.05, 4.69) is 17.1 Å². The van der Waals surface area contributed by atoms with E-state index in [0.717, 1.165) is 37.3 Å². The molecule has 23 heavy (non-hydrogen) atoms. The number of hydrogen-bond acceptors (Lipinski definition) is 3. The van der Waals surface area contributed by atoms with Crippen LogP contribution in [0.4, 0.5) is 11.4 Å². The number of rotatable bonds is 5. The molecule has 126 valence electrons. The highest BCUT2D eigenvalue weighted by Crippen LogP contribution is 2.29. The van der Waals surface area contributed by atoms with Gasteiger partial charge in [-0.3, -0.25) is 9.59 Å². The Morgan fingerprint density at radius 2 is 1.91 bits per heavy atom. The van der Waals surface area contributed by atoms with Crippen LogP contribution in [0.3, 0.4) is 0 Å². The van der Waals surface area contributed by atoms with Gasteiger partial charge in [-0.1, -0.05) is 24.9 Å². The molecular formula is C17H24ClN3O2. The van der Waals surface area contributed by atoms with Crippen molar-refractivity contribution in [1.29, 1.82) is 0 Å². The van der Waals surface area contributed by atoms with Crippen molar-refractivity contribution in [3.63, 3.8) is 0 Å². The zero-order chi connectivity index (χ0) is 16.8. The van der Waals surface area contributed by atoms with E-state index in [0.29, 0.717) is 24.5 Å². The van der Waals surface area contributed by atoms with E-state index in [-0.39, 0.29) is 11.8 Å². The van der Waals surface area contributed by atoms with Crippen LogP contribution in [0, 0.1) is 0 Å². The third-order valence-corrected chi connectivity index (χ3v) is 4.36. The summed E-state index contributed by atoms with van der Waals surface area (Å²) in [6, 6.07) is 5.60. The van der Waals surface area contributed by atoms with Gasteiger partial charge in [0, 0.05) is 45.2 Å². The smallest absolute Gasteiger partial charge is 0.224 e. The summed E-state index contributed by atoms with van der Waals surface area (Å²) in [5.41, 5.74) is 1.67. The Morgan fingerprint density at radius 3 is 2.48 bits per heavy atom. The molecule has 1 heterocycles. The van der Waals surface area contributed by atoms with Gasteiger partial charge in [0.05, 0.1) is 10.7 Å². The quantitative estimate of drug-likeness (QED) is 0.898. The first kappa shape index (κ1) is 17.6. The van der Waals surface area contributed by atoms with Gasteiger partial charge in [0.25, 0.3) is 0 Å². The molecule has 0 radical (unpaired) electrons. The van der Waals surface area contributed by atoms with Crippen molar-refractivity contribution in [3.8, 4) is 0 Å². The molecule has 0 spiro atoms. The van der Waals surface area contributed by atoms with E-state index in [9.17, 15) is 9.59 Å². The predicted octanol–water partition coefficient (Wildman–Crippen LogP) is 3.14. The molecule has 0 aromatic heterocycles. The molecule has 1 aliphatic rings. The molecule has 1 saturated heterocycles. The number of nitrogens with zero attached hydrogens (tertiary/aromatic N) is 2. The molecule has 1 aromatic rings. The summed E-state index contributed by atoms with van der Waals surface area (Å²) in [4.78, 5) is 27.2. The number of piperazine rings is 1. The number of hydrogen-bond donors (Lipinski definition) is 1. The molecule has 2 rings (SSSR count). The molecule has 1 N–H and O–H groups in total. The van der Waals surface area contributed by atoms with Crippen LogP contribution in [0.2, 0.25) is 5.02 Å². The van der Waals surface area contributed by atoms with Crippen LogP contribution in [-0.4, -0.2) is 42.9 Å². The van der Waals surface area contributed by atoms with Gasteiger partial charge in [-0.2, -0.15) is 0 Å². The minimum atomic E-state index is 0.0192. The highest BCUT2D eigenvalue weighted by atomic mass is 35.5. The second kappa shape index (κ2) is 8.20. The predicted molar refractivity (Wildman–Crippen MR) is 94.1 cm³/mol. The summed E-state index contributed by atoms with van der Waals surface area (Å²) in [5.74, 6) is 0.131. The second-order valence-electron chi connectivity index (χ2n) is 5.81. The van der Waals surface area contributed by atoms with Gasteiger partial charge < -0.3 is 15.1 Å². The fraction of sp³-hybridized carbons (Fsp3) is 0.529.